The Morgan fingerprint density at radius 3 is 2.73 bits per heavy atom. The molecule has 11 heavy (non-hydrogen) atoms. The fraction of sp³-hybridized carbons (Fsp3) is 0.333. The van der Waals surface area contributed by atoms with Gasteiger partial charge in [-0.1, -0.05) is 0 Å². The number of rotatable bonds is 2. The number of Topliss-reactive ketones (excluding diaryl/α,β-unsaturated/α-hetero) is 1. The molecule has 5 nitrogen and oxygen atoms in total. The van der Waals surface area contributed by atoms with Gasteiger partial charge in [0.2, 0.25) is 0 Å². The second-order valence-electron chi connectivity index (χ2n) is 2.18. The smallest absolute Gasteiger partial charge is 0.419 e. The molecule has 1 heterocycles. The zero-order chi connectivity index (χ0) is 8.43. The molecule has 5 heteroatoms. The van der Waals surface area contributed by atoms with Crippen molar-refractivity contribution in [1.82, 2.24) is 4.98 Å². The van der Waals surface area contributed by atoms with Crippen LogP contribution in [0.15, 0.2) is 9.21 Å². The van der Waals surface area contributed by atoms with Crippen LogP contribution in [0.3, 0.4) is 0 Å². The number of nitrogens with one attached hydrogen (secondary N) is 1. The lowest BCUT2D eigenvalue weighted by molar-refractivity contribution is -0.116. The lowest BCUT2D eigenvalue weighted by atomic mass is 10.2. The minimum absolute atomic E-state index is 0.0163. The molecule has 0 saturated carbocycles. The third-order valence-corrected chi connectivity index (χ3v) is 1.13. The van der Waals surface area contributed by atoms with Crippen molar-refractivity contribution in [1.29, 1.82) is 0 Å². The maximum absolute atomic E-state index is 10.5. The van der Waals surface area contributed by atoms with Gasteiger partial charge in [-0.05, 0) is 6.92 Å². The summed E-state index contributed by atoms with van der Waals surface area (Å²) in [5.41, 5.74) is 0.127. The van der Waals surface area contributed by atoms with Gasteiger partial charge in [-0.25, -0.2) is 4.79 Å². The average molecular weight is 157 g/mol. The number of aromatic hydroxyl groups is 1. The molecule has 1 aromatic heterocycles. The molecule has 0 unspecified atom stereocenters. The molecule has 60 valence electrons. The Balaban J connectivity index is 2.94. The molecule has 0 fully saturated rings. The summed E-state index contributed by atoms with van der Waals surface area (Å²) in [6.45, 7) is 1.35. The van der Waals surface area contributed by atoms with Gasteiger partial charge in [0.1, 0.15) is 11.5 Å². The lowest BCUT2D eigenvalue weighted by Gasteiger charge is -1.88. The Labute approximate surface area is 61.7 Å². The first-order valence-corrected chi connectivity index (χ1v) is 3.00. The first-order valence-electron chi connectivity index (χ1n) is 3.00. The number of oxazole rings is 1. The zero-order valence-electron chi connectivity index (χ0n) is 5.88. The van der Waals surface area contributed by atoms with Crippen LogP contribution in [0.2, 0.25) is 0 Å². The van der Waals surface area contributed by atoms with Crippen molar-refractivity contribution in [3.05, 3.63) is 16.2 Å². The summed E-state index contributed by atoms with van der Waals surface area (Å²) in [5.74, 6) is -1.42. The predicted octanol–water partition coefficient (Wildman–Crippen LogP) is -0.195. The van der Waals surface area contributed by atoms with Gasteiger partial charge in [0, 0.05) is 0 Å². The van der Waals surface area contributed by atoms with E-state index in [1.807, 2.05) is 0 Å². The van der Waals surface area contributed by atoms with Crippen LogP contribution in [0.5, 0.6) is 5.95 Å². The van der Waals surface area contributed by atoms with Crippen LogP contribution in [-0.2, 0) is 11.2 Å². The number of aromatic amines is 1. The van der Waals surface area contributed by atoms with Gasteiger partial charge in [-0.3, -0.25) is 9.78 Å². The molecule has 0 atom stereocenters. The Hall–Kier alpha value is -1.52. The van der Waals surface area contributed by atoms with Crippen molar-refractivity contribution in [2.45, 2.75) is 13.3 Å². The number of H-pyrrole nitrogens is 1. The molecule has 1 rings (SSSR count). The molecule has 0 aliphatic heterocycles. The monoisotopic (exact) mass is 157 g/mol. The molecule has 0 saturated heterocycles. The first kappa shape index (κ1) is 7.59. The van der Waals surface area contributed by atoms with E-state index in [-0.39, 0.29) is 17.9 Å². The van der Waals surface area contributed by atoms with Crippen LogP contribution in [0.4, 0.5) is 0 Å². The van der Waals surface area contributed by atoms with E-state index < -0.39 is 11.7 Å². The summed E-state index contributed by atoms with van der Waals surface area (Å²) in [6.07, 6.45) is -0.0163. The van der Waals surface area contributed by atoms with Crippen molar-refractivity contribution < 1.29 is 14.3 Å². The zero-order valence-corrected chi connectivity index (χ0v) is 5.88. The fourth-order valence-electron chi connectivity index (χ4n) is 0.720. The molecule has 0 amide bonds. The van der Waals surface area contributed by atoms with E-state index in [1.54, 1.807) is 0 Å². The highest BCUT2D eigenvalue weighted by atomic mass is 16.5. The van der Waals surface area contributed by atoms with Gasteiger partial charge >= 0.3 is 11.7 Å². The van der Waals surface area contributed by atoms with E-state index in [0.29, 0.717) is 0 Å². The maximum atomic E-state index is 10.5. The molecular weight excluding hydrogens is 150 g/mol. The van der Waals surface area contributed by atoms with Gasteiger partial charge in [-0.15, -0.1) is 0 Å². The maximum Gasteiger partial charge on any atom is 0.419 e. The third-order valence-electron chi connectivity index (χ3n) is 1.13. The summed E-state index contributed by atoms with van der Waals surface area (Å²) in [5, 5.41) is 8.83. The summed E-state index contributed by atoms with van der Waals surface area (Å²) >= 11 is 0. The van der Waals surface area contributed by atoms with Gasteiger partial charge in [0.25, 0.3) is 0 Å². The Kier molecular flexibility index (Phi) is 1.80. The van der Waals surface area contributed by atoms with Crippen LogP contribution in [0.1, 0.15) is 12.6 Å². The second-order valence-corrected chi connectivity index (χ2v) is 2.18. The molecule has 0 radical (unpaired) electrons. The molecule has 0 spiro atoms. The highest BCUT2D eigenvalue weighted by Crippen LogP contribution is 2.11. The van der Waals surface area contributed by atoms with Crippen molar-refractivity contribution in [2.75, 3.05) is 0 Å². The lowest BCUT2D eigenvalue weighted by Crippen LogP contribution is -2.01. The molecule has 2 N–H and O–H groups in total. The minimum Gasteiger partial charge on any atom is -0.479 e. The minimum atomic E-state index is -0.751. The highest BCUT2D eigenvalue weighted by molar-refractivity contribution is 5.78. The first-order chi connectivity index (χ1) is 5.09. The predicted molar refractivity (Wildman–Crippen MR) is 35.4 cm³/mol. The molecule has 1 aromatic rings. The Morgan fingerprint density at radius 2 is 2.36 bits per heavy atom. The van der Waals surface area contributed by atoms with Crippen molar-refractivity contribution in [3.63, 3.8) is 0 Å². The second kappa shape index (κ2) is 2.61. The van der Waals surface area contributed by atoms with Gasteiger partial charge < -0.3 is 9.52 Å². The molecule has 0 bridgehead atoms. The van der Waals surface area contributed by atoms with Crippen molar-refractivity contribution in [2.24, 2.45) is 0 Å². The quantitative estimate of drug-likeness (QED) is 0.623. The number of carbonyl (C=O) groups excluding carboxylic acids is 1. The van der Waals surface area contributed by atoms with E-state index in [1.165, 1.54) is 6.92 Å². The van der Waals surface area contributed by atoms with E-state index >= 15 is 0 Å². The van der Waals surface area contributed by atoms with Gasteiger partial charge in [0.15, 0.2) is 0 Å². The van der Waals surface area contributed by atoms with E-state index in [2.05, 4.69) is 9.40 Å². The standard InChI is InChI=1S/C6H7NO4/c1-3(8)2-4-5(9)11-6(10)7-4/h9H,2H2,1H3,(H,7,10). The topological polar surface area (TPSA) is 83.3 Å². The van der Waals surface area contributed by atoms with Crippen molar-refractivity contribution >= 4 is 5.78 Å². The SMILES string of the molecule is CC(=O)Cc1[nH]c(=O)oc1O. The summed E-state index contributed by atoms with van der Waals surface area (Å²) in [4.78, 5) is 23.1. The van der Waals surface area contributed by atoms with Crippen LogP contribution >= 0.6 is 0 Å². The molecule has 0 aliphatic carbocycles. The summed E-state index contributed by atoms with van der Waals surface area (Å²) < 4.78 is 4.21. The number of hydrogen-bond acceptors (Lipinski definition) is 4. The number of hydrogen-bond donors (Lipinski definition) is 2. The van der Waals surface area contributed by atoms with Gasteiger partial charge in [-0.2, -0.15) is 0 Å². The fourth-order valence-corrected chi connectivity index (χ4v) is 0.720. The van der Waals surface area contributed by atoms with Crippen LogP contribution < -0.4 is 5.76 Å². The number of carbonyl (C=O) groups is 1. The van der Waals surface area contributed by atoms with E-state index in [4.69, 9.17) is 5.11 Å². The summed E-state index contributed by atoms with van der Waals surface area (Å²) in [6, 6.07) is 0. The average Bonchev–Trinajstić information content (AvgIpc) is 2.09. The Bertz CT molecular complexity index is 322. The third kappa shape index (κ3) is 1.70. The summed E-state index contributed by atoms with van der Waals surface area (Å²) in [7, 11) is 0. The highest BCUT2D eigenvalue weighted by Gasteiger charge is 2.09. The largest absolute Gasteiger partial charge is 0.479 e. The molecular formula is C6H7NO4. The van der Waals surface area contributed by atoms with Crippen LogP contribution in [-0.4, -0.2) is 15.9 Å². The van der Waals surface area contributed by atoms with Crippen molar-refractivity contribution in [3.8, 4) is 5.95 Å². The van der Waals surface area contributed by atoms with E-state index in [0.717, 1.165) is 0 Å². The Morgan fingerprint density at radius 1 is 1.73 bits per heavy atom. The molecule has 0 aromatic carbocycles. The number of ketones is 1. The number of aromatic nitrogens is 1. The molecule has 0 aliphatic rings. The van der Waals surface area contributed by atoms with Crippen LogP contribution in [0.25, 0.3) is 0 Å². The normalized spacial score (nSPS) is 9.91. The van der Waals surface area contributed by atoms with E-state index in [9.17, 15) is 9.59 Å². The van der Waals surface area contributed by atoms with Crippen LogP contribution in [0, 0.1) is 0 Å². The van der Waals surface area contributed by atoms with Gasteiger partial charge in [0.05, 0.1) is 6.42 Å².